The second-order valence-electron chi connectivity index (χ2n) is 6.57. The molecule has 1 aromatic rings. The number of nitrogens with zero attached hydrogens (tertiary/aromatic N) is 1. The summed E-state index contributed by atoms with van der Waals surface area (Å²) in [5.74, 6) is -0.201. The van der Waals surface area contributed by atoms with E-state index in [0.717, 1.165) is 10.9 Å². The monoisotopic (exact) mass is 346 g/mol. The van der Waals surface area contributed by atoms with E-state index in [9.17, 15) is 4.79 Å². The molecule has 0 radical (unpaired) electrons. The van der Waals surface area contributed by atoms with Crippen molar-refractivity contribution >= 4 is 33.4 Å². The van der Waals surface area contributed by atoms with Crippen molar-refractivity contribution in [1.82, 2.24) is 10.3 Å². The van der Waals surface area contributed by atoms with Crippen LogP contribution >= 0.6 is 27.5 Å². The predicted octanol–water partition coefficient (Wildman–Crippen LogP) is 4.44. The van der Waals surface area contributed by atoms with Gasteiger partial charge in [0.25, 0.3) is 5.91 Å². The molecular formula is C14H20BrClN2O. The highest BCUT2D eigenvalue weighted by atomic mass is 79.9. The van der Waals surface area contributed by atoms with Crippen LogP contribution in [-0.2, 0) is 0 Å². The molecule has 5 heteroatoms. The van der Waals surface area contributed by atoms with Crippen molar-refractivity contribution in [3.05, 3.63) is 27.5 Å². The van der Waals surface area contributed by atoms with Crippen LogP contribution in [0.3, 0.4) is 0 Å². The van der Waals surface area contributed by atoms with E-state index in [1.165, 1.54) is 0 Å². The first kappa shape index (κ1) is 16.4. The summed E-state index contributed by atoms with van der Waals surface area (Å²) in [4.78, 5) is 16.2. The number of amides is 1. The summed E-state index contributed by atoms with van der Waals surface area (Å²) in [6, 6.07) is 1.68. The summed E-state index contributed by atoms with van der Waals surface area (Å²) in [6.45, 7) is 10.5. The first-order chi connectivity index (χ1) is 8.50. The molecule has 106 valence electrons. The minimum absolute atomic E-state index is 0.135. The molecular weight excluding hydrogens is 328 g/mol. The zero-order valence-electron chi connectivity index (χ0n) is 12.0. The third kappa shape index (κ3) is 5.49. The van der Waals surface area contributed by atoms with E-state index in [0.29, 0.717) is 5.56 Å². The molecule has 1 rings (SSSR count). The summed E-state index contributed by atoms with van der Waals surface area (Å²) in [7, 11) is 0. The number of hydrogen-bond donors (Lipinski definition) is 1. The number of carbonyl (C=O) groups excluding carboxylic acids is 1. The maximum atomic E-state index is 12.3. The van der Waals surface area contributed by atoms with Gasteiger partial charge < -0.3 is 5.32 Å². The fraction of sp³-hybridized carbons (Fsp3) is 0.571. The number of carbonyl (C=O) groups is 1. The van der Waals surface area contributed by atoms with Crippen LogP contribution in [-0.4, -0.2) is 16.4 Å². The van der Waals surface area contributed by atoms with Crippen molar-refractivity contribution in [2.75, 3.05) is 0 Å². The Morgan fingerprint density at radius 3 is 2.47 bits per heavy atom. The Balaban J connectivity index is 2.87. The van der Waals surface area contributed by atoms with Crippen molar-refractivity contribution in [2.24, 2.45) is 5.41 Å². The van der Waals surface area contributed by atoms with Gasteiger partial charge in [-0.3, -0.25) is 4.79 Å². The van der Waals surface area contributed by atoms with Gasteiger partial charge in [-0.05, 0) is 47.7 Å². The summed E-state index contributed by atoms with van der Waals surface area (Å²) in [5, 5.41) is 3.23. The molecule has 0 aliphatic heterocycles. The fourth-order valence-corrected chi connectivity index (χ4v) is 2.85. The molecule has 0 saturated carbocycles. The summed E-state index contributed by atoms with van der Waals surface area (Å²) >= 11 is 9.25. The van der Waals surface area contributed by atoms with Crippen molar-refractivity contribution in [1.29, 1.82) is 0 Å². The number of rotatable bonds is 3. The quantitative estimate of drug-likeness (QED) is 0.821. The van der Waals surface area contributed by atoms with Gasteiger partial charge in [-0.25, -0.2) is 4.98 Å². The minimum Gasteiger partial charge on any atom is -0.347 e. The molecule has 0 aromatic carbocycles. The Morgan fingerprint density at radius 1 is 1.37 bits per heavy atom. The molecule has 0 saturated heterocycles. The molecule has 0 fully saturated rings. The van der Waals surface area contributed by atoms with E-state index >= 15 is 0 Å². The van der Waals surface area contributed by atoms with Crippen LogP contribution in [0.4, 0.5) is 0 Å². The van der Waals surface area contributed by atoms with Crippen LogP contribution < -0.4 is 5.32 Å². The van der Waals surface area contributed by atoms with Crippen molar-refractivity contribution in [3.63, 3.8) is 0 Å². The van der Waals surface area contributed by atoms with Gasteiger partial charge in [-0.1, -0.05) is 32.4 Å². The van der Waals surface area contributed by atoms with E-state index in [-0.39, 0.29) is 22.0 Å². The van der Waals surface area contributed by atoms with Gasteiger partial charge in [0.05, 0.1) is 5.56 Å². The van der Waals surface area contributed by atoms with E-state index in [1.54, 1.807) is 12.3 Å². The van der Waals surface area contributed by atoms with Crippen LogP contribution in [0.5, 0.6) is 0 Å². The van der Waals surface area contributed by atoms with E-state index < -0.39 is 0 Å². The SMILES string of the molecule is CC(C)(C)CC(C)(C)NC(=O)c1cc(Br)cnc1Cl. The third-order valence-electron chi connectivity index (χ3n) is 2.47. The molecule has 19 heavy (non-hydrogen) atoms. The number of nitrogens with one attached hydrogen (secondary N) is 1. The second-order valence-corrected chi connectivity index (χ2v) is 7.84. The van der Waals surface area contributed by atoms with Crippen LogP contribution in [0, 0.1) is 5.41 Å². The maximum absolute atomic E-state index is 12.3. The fourth-order valence-electron chi connectivity index (χ4n) is 2.33. The van der Waals surface area contributed by atoms with E-state index in [2.05, 4.69) is 47.0 Å². The normalized spacial score (nSPS) is 12.4. The van der Waals surface area contributed by atoms with Gasteiger partial charge in [0, 0.05) is 16.2 Å². The average molecular weight is 348 g/mol. The van der Waals surface area contributed by atoms with Gasteiger partial charge >= 0.3 is 0 Å². The first-order valence-electron chi connectivity index (χ1n) is 6.14. The molecule has 1 aromatic heterocycles. The Labute approximate surface area is 128 Å². The van der Waals surface area contributed by atoms with Gasteiger partial charge in [-0.15, -0.1) is 0 Å². The summed E-state index contributed by atoms with van der Waals surface area (Å²) in [5.41, 5.74) is 0.217. The van der Waals surface area contributed by atoms with Crippen LogP contribution in [0.1, 0.15) is 51.4 Å². The van der Waals surface area contributed by atoms with E-state index in [4.69, 9.17) is 11.6 Å². The second kappa shape index (κ2) is 5.80. The molecule has 0 atom stereocenters. The Bertz CT molecular complexity index is 481. The van der Waals surface area contributed by atoms with Gasteiger partial charge in [0.2, 0.25) is 0 Å². The van der Waals surface area contributed by atoms with Gasteiger partial charge in [0.1, 0.15) is 5.15 Å². The molecule has 1 amide bonds. The van der Waals surface area contributed by atoms with Crippen LogP contribution in [0.15, 0.2) is 16.7 Å². The van der Waals surface area contributed by atoms with Gasteiger partial charge in [0.15, 0.2) is 0 Å². The highest BCUT2D eigenvalue weighted by molar-refractivity contribution is 9.10. The summed E-state index contributed by atoms with van der Waals surface area (Å²) < 4.78 is 0.732. The standard InChI is InChI=1S/C14H20BrClN2O/c1-13(2,3)8-14(4,5)18-12(19)10-6-9(15)7-17-11(10)16/h6-7H,8H2,1-5H3,(H,18,19). The molecule has 0 bridgehead atoms. The van der Waals surface area contributed by atoms with Crippen LogP contribution in [0.25, 0.3) is 0 Å². The Hall–Kier alpha value is -0.610. The van der Waals surface area contributed by atoms with Crippen molar-refractivity contribution in [2.45, 2.75) is 46.6 Å². The smallest absolute Gasteiger partial charge is 0.254 e. The van der Waals surface area contributed by atoms with E-state index in [1.807, 2.05) is 13.8 Å². The maximum Gasteiger partial charge on any atom is 0.254 e. The minimum atomic E-state index is -0.305. The zero-order valence-corrected chi connectivity index (χ0v) is 14.3. The molecule has 0 aliphatic rings. The summed E-state index contributed by atoms with van der Waals surface area (Å²) in [6.07, 6.45) is 2.43. The lowest BCUT2D eigenvalue weighted by Crippen LogP contribution is -2.45. The third-order valence-corrected chi connectivity index (χ3v) is 3.21. The molecule has 0 unspecified atom stereocenters. The molecule has 0 spiro atoms. The first-order valence-corrected chi connectivity index (χ1v) is 7.31. The largest absolute Gasteiger partial charge is 0.347 e. The topological polar surface area (TPSA) is 42.0 Å². The van der Waals surface area contributed by atoms with Crippen molar-refractivity contribution < 1.29 is 4.79 Å². The lowest BCUT2D eigenvalue weighted by atomic mass is 9.81. The lowest BCUT2D eigenvalue weighted by molar-refractivity contribution is 0.0891. The molecule has 3 nitrogen and oxygen atoms in total. The Morgan fingerprint density at radius 2 is 1.95 bits per heavy atom. The average Bonchev–Trinajstić information content (AvgIpc) is 2.16. The number of halogens is 2. The number of pyridine rings is 1. The van der Waals surface area contributed by atoms with Crippen molar-refractivity contribution in [3.8, 4) is 0 Å². The zero-order chi connectivity index (χ0) is 14.8. The predicted molar refractivity (Wildman–Crippen MR) is 82.6 cm³/mol. The number of hydrogen-bond acceptors (Lipinski definition) is 2. The molecule has 0 aliphatic carbocycles. The number of aromatic nitrogens is 1. The highest BCUT2D eigenvalue weighted by Crippen LogP contribution is 2.27. The molecule has 1 N–H and O–H groups in total. The lowest BCUT2D eigenvalue weighted by Gasteiger charge is -2.33. The Kier molecular flexibility index (Phi) is 5.02. The molecule has 1 heterocycles. The highest BCUT2D eigenvalue weighted by Gasteiger charge is 2.28. The van der Waals surface area contributed by atoms with Crippen LogP contribution in [0.2, 0.25) is 5.15 Å². The van der Waals surface area contributed by atoms with Gasteiger partial charge in [-0.2, -0.15) is 0 Å².